The van der Waals surface area contributed by atoms with Gasteiger partial charge in [0.15, 0.2) is 0 Å². The van der Waals surface area contributed by atoms with E-state index in [1.165, 1.54) is 13.8 Å². The highest BCUT2D eigenvalue weighted by atomic mass is 16.4. The normalized spacial score (nSPS) is 14.1. The molecule has 0 fully saturated rings. The Bertz CT molecular complexity index is 262. The summed E-state index contributed by atoms with van der Waals surface area (Å²) in [5.41, 5.74) is -1.51. The Hall–Kier alpha value is -1.59. The van der Waals surface area contributed by atoms with Crippen molar-refractivity contribution in [3.05, 3.63) is 0 Å². The summed E-state index contributed by atoms with van der Waals surface area (Å²) >= 11 is 0. The fraction of sp³-hybridized carbons (Fsp3) is 0.625. The molecule has 0 aliphatic heterocycles. The molecule has 1 atom stereocenters. The van der Waals surface area contributed by atoms with Gasteiger partial charge in [0, 0.05) is 13.3 Å². The summed E-state index contributed by atoms with van der Waals surface area (Å²) in [4.78, 5) is 31.7. The third-order valence-corrected chi connectivity index (χ3v) is 1.76. The molecule has 0 aromatic heterocycles. The summed E-state index contributed by atoms with van der Waals surface area (Å²) in [6.45, 7) is 2.46. The summed E-state index contributed by atoms with van der Waals surface area (Å²) in [5.74, 6) is -2.84. The molecule has 0 saturated heterocycles. The average Bonchev–Trinajstić information content (AvgIpc) is 1.99. The first-order chi connectivity index (χ1) is 6.28. The number of carboxylic acid groups (broad SMARTS) is 2. The van der Waals surface area contributed by atoms with Crippen LogP contribution >= 0.6 is 0 Å². The fourth-order valence-electron chi connectivity index (χ4n) is 0.968. The molecule has 6 nitrogen and oxygen atoms in total. The van der Waals surface area contributed by atoms with Crippen LogP contribution in [0.4, 0.5) is 0 Å². The van der Waals surface area contributed by atoms with E-state index in [2.05, 4.69) is 5.32 Å². The van der Waals surface area contributed by atoms with E-state index in [-0.39, 0.29) is 12.8 Å². The van der Waals surface area contributed by atoms with E-state index in [0.717, 1.165) is 0 Å². The molecule has 1 unspecified atom stereocenters. The second-order valence-electron chi connectivity index (χ2n) is 3.21. The lowest BCUT2D eigenvalue weighted by Gasteiger charge is -2.24. The summed E-state index contributed by atoms with van der Waals surface area (Å²) in [6.07, 6.45) is -0.444. The van der Waals surface area contributed by atoms with E-state index < -0.39 is 23.4 Å². The number of nitrogens with one attached hydrogen (secondary N) is 1. The van der Waals surface area contributed by atoms with Crippen LogP contribution in [0.5, 0.6) is 0 Å². The number of hydrogen-bond acceptors (Lipinski definition) is 3. The third kappa shape index (κ3) is 3.88. The molecule has 0 aromatic rings. The SMILES string of the molecule is CC(=O)NC(C)(CCC(=O)O)C(=O)O. The smallest absolute Gasteiger partial charge is 0.329 e. The molecule has 0 radical (unpaired) electrons. The van der Waals surface area contributed by atoms with Crippen LogP contribution in [0.2, 0.25) is 0 Å². The number of amides is 1. The average molecular weight is 203 g/mol. The van der Waals surface area contributed by atoms with Gasteiger partial charge in [-0.3, -0.25) is 9.59 Å². The number of carbonyl (C=O) groups is 3. The third-order valence-electron chi connectivity index (χ3n) is 1.76. The van der Waals surface area contributed by atoms with Gasteiger partial charge in [-0.15, -0.1) is 0 Å². The Morgan fingerprint density at radius 2 is 1.79 bits per heavy atom. The van der Waals surface area contributed by atoms with E-state index in [0.29, 0.717) is 0 Å². The van der Waals surface area contributed by atoms with Gasteiger partial charge in [-0.2, -0.15) is 0 Å². The zero-order valence-corrected chi connectivity index (χ0v) is 8.03. The predicted octanol–water partition coefficient (Wildman–Crippen LogP) is -0.169. The number of carbonyl (C=O) groups excluding carboxylic acids is 1. The van der Waals surface area contributed by atoms with Crippen molar-refractivity contribution in [1.82, 2.24) is 5.32 Å². The van der Waals surface area contributed by atoms with Crippen LogP contribution in [0, 0.1) is 0 Å². The van der Waals surface area contributed by atoms with Gasteiger partial charge in [0.25, 0.3) is 0 Å². The van der Waals surface area contributed by atoms with Crippen molar-refractivity contribution in [1.29, 1.82) is 0 Å². The zero-order chi connectivity index (χ0) is 11.4. The van der Waals surface area contributed by atoms with Crippen LogP contribution in [0.15, 0.2) is 0 Å². The van der Waals surface area contributed by atoms with Crippen LogP contribution in [-0.4, -0.2) is 33.6 Å². The maximum absolute atomic E-state index is 10.8. The van der Waals surface area contributed by atoms with Crippen molar-refractivity contribution >= 4 is 17.8 Å². The summed E-state index contributed by atoms with van der Waals surface area (Å²) in [6, 6.07) is 0. The minimum absolute atomic E-state index is 0.142. The van der Waals surface area contributed by atoms with Crippen molar-refractivity contribution in [2.24, 2.45) is 0 Å². The van der Waals surface area contributed by atoms with Crippen LogP contribution < -0.4 is 5.32 Å². The highest BCUT2D eigenvalue weighted by molar-refractivity contribution is 5.86. The molecule has 14 heavy (non-hydrogen) atoms. The van der Waals surface area contributed by atoms with Crippen LogP contribution in [0.1, 0.15) is 26.7 Å². The van der Waals surface area contributed by atoms with Gasteiger partial charge in [-0.05, 0) is 13.3 Å². The first-order valence-corrected chi connectivity index (χ1v) is 4.02. The van der Waals surface area contributed by atoms with Crippen LogP contribution in [0.25, 0.3) is 0 Å². The Balaban J connectivity index is 4.47. The van der Waals surface area contributed by atoms with Crippen LogP contribution in [-0.2, 0) is 14.4 Å². The number of aliphatic carboxylic acids is 2. The Kier molecular flexibility index (Phi) is 4.07. The van der Waals surface area contributed by atoms with Gasteiger partial charge >= 0.3 is 11.9 Å². The molecule has 80 valence electrons. The monoisotopic (exact) mass is 203 g/mol. The maximum Gasteiger partial charge on any atom is 0.329 e. The first-order valence-electron chi connectivity index (χ1n) is 4.02. The van der Waals surface area contributed by atoms with Gasteiger partial charge in [0.1, 0.15) is 5.54 Å². The summed E-state index contributed by atoms with van der Waals surface area (Å²) < 4.78 is 0. The van der Waals surface area contributed by atoms with Gasteiger partial charge in [-0.1, -0.05) is 0 Å². The minimum Gasteiger partial charge on any atom is -0.481 e. The van der Waals surface area contributed by atoms with E-state index >= 15 is 0 Å². The predicted molar refractivity (Wildman–Crippen MR) is 46.7 cm³/mol. The standard InChI is InChI=1S/C8H13NO5/c1-5(10)9-8(2,7(13)14)4-3-6(11)12/h3-4H2,1-2H3,(H,9,10)(H,11,12)(H,13,14). The quantitative estimate of drug-likeness (QED) is 0.575. The van der Waals surface area contributed by atoms with Crippen molar-refractivity contribution in [2.45, 2.75) is 32.2 Å². The Morgan fingerprint density at radius 1 is 1.29 bits per heavy atom. The molecule has 3 N–H and O–H groups in total. The maximum atomic E-state index is 10.8. The molecule has 1 amide bonds. The van der Waals surface area contributed by atoms with Gasteiger partial charge < -0.3 is 15.5 Å². The fourth-order valence-corrected chi connectivity index (χ4v) is 0.968. The van der Waals surface area contributed by atoms with E-state index in [1.54, 1.807) is 0 Å². The summed E-state index contributed by atoms with van der Waals surface area (Å²) in [5, 5.41) is 19.4. The van der Waals surface area contributed by atoms with Crippen molar-refractivity contribution in [2.75, 3.05) is 0 Å². The van der Waals surface area contributed by atoms with Gasteiger partial charge in [0.2, 0.25) is 5.91 Å². The molecule has 0 heterocycles. The highest BCUT2D eigenvalue weighted by Gasteiger charge is 2.34. The highest BCUT2D eigenvalue weighted by Crippen LogP contribution is 2.12. The van der Waals surface area contributed by atoms with E-state index in [9.17, 15) is 14.4 Å². The molecular weight excluding hydrogens is 190 g/mol. The lowest BCUT2D eigenvalue weighted by atomic mass is 9.96. The number of rotatable bonds is 5. The van der Waals surface area contributed by atoms with E-state index in [4.69, 9.17) is 10.2 Å². The Morgan fingerprint density at radius 3 is 2.07 bits per heavy atom. The topological polar surface area (TPSA) is 104 Å². The summed E-state index contributed by atoms with van der Waals surface area (Å²) in [7, 11) is 0. The number of carboxylic acids is 2. The molecule has 0 aliphatic carbocycles. The lowest BCUT2D eigenvalue weighted by molar-refractivity contribution is -0.147. The largest absolute Gasteiger partial charge is 0.481 e. The minimum atomic E-state index is -1.51. The second kappa shape index (κ2) is 4.59. The van der Waals surface area contributed by atoms with Crippen molar-refractivity contribution in [3.63, 3.8) is 0 Å². The Labute approximate surface area is 80.9 Å². The first kappa shape index (κ1) is 12.4. The molecule has 0 saturated carbocycles. The lowest BCUT2D eigenvalue weighted by Crippen LogP contribution is -2.51. The van der Waals surface area contributed by atoms with E-state index in [1.807, 2.05) is 0 Å². The van der Waals surface area contributed by atoms with Crippen molar-refractivity contribution in [3.8, 4) is 0 Å². The molecule has 6 heteroatoms. The zero-order valence-electron chi connectivity index (χ0n) is 8.03. The molecule has 0 aromatic carbocycles. The molecular formula is C8H13NO5. The van der Waals surface area contributed by atoms with Crippen LogP contribution in [0.3, 0.4) is 0 Å². The number of hydrogen-bond donors (Lipinski definition) is 3. The van der Waals surface area contributed by atoms with Gasteiger partial charge in [-0.25, -0.2) is 4.79 Å². The molecule has 0 aliphatic rings. The van der Waals surface area contributed by atoms with Gasteiger partial charge in [0.05, 0.1) is 0 Å². The second-order valence-corrected chi connectivity index (χ2v) is 3.21. The molecule has 0 rings (SSSR count). The molecule has 0 bridgehead atoms. The molecule has 0 spiro atoms. The van der Waals surface area contributed by atoms with Crippen molar-refractivity contribution < 1.29 is 24.6 Å².